The van der Waals surface area contributed by atoms with Crippen molar-refractivity contribution in [3.05, 3.63) is 34.9 Å². The first kappa shape index (κ1) is 13.3. The molecule has 1 saturated heterocycles. The van der Waals surface area contributed by atoms with Crippen LogP contribution in [0.4, 0.5) is 0 Å². The first-order valence-corrected chi connectivity index (χ1v) is 6.33. The lowest BCUT2D eigenvalue weighted by Gasteiger charge is -2.14. The van der Waals surface area contributed by atoms with Crippen molar-refractivity contribution < 1.29 is 14.6 Å². The minimum absolute atomic E-state index is 0.0537. The minimum atomic E-state index is -0.801. The predicted molar refractivity (Wildman–Crippen MR) is 68.4 cm³/mol. The van der Waals surface area contributed by atoms with Gasteiger partial charge in [-0.05, 0) is 24.1 Å². The fraction of sp³-hybridized carbons (Fsp3) is 0.462. The van der Waals surface area contributed by atoms with Crippen molar-refractivity contribution in [3.63, 3.8) is 0 Å². The molecule has 1 aromatic rings. The van der Waals surface area contributed by atoms with Crippen molar-refractivity contribution >= 4 is 17.5 Å². The summed E-state index contributed by atoms with van der Waals surface area (Å²) >= 11 is 5.76. The third kappa shape index (κ3) is 3.70. The lowest BCUT2D eigenvalue weighted by atomic mass is 10.1. The van der Waals surface area contributed by atoms with Gasteiger partial charge in [0.1, 0.15) is 0 Å². The summed E-state index contributed by atoms with van der Waals surface area (Å²) in [6, 6.07) is 6.92. The van der Waals surface area contributed by atoms with E-state index in [4.69, 9.17) is 16.3 Å². The molecule has 5 heteroatoms. The number of nitrogens with one attached hydrogen (secondary N) is 1. The van der Waals surface area contributed by atoms with Crippen LogP contribution in [0, 0.1) is 0 Å². The topological polar surface area (TPSA) is 58.6 Å². The van der Waals surface area contributed by atoms with Gasteiger partial charge in [-0.25, -0.2) is 0 Å². The maximum Gasteiger partial charge on any atom is 0.223 e. The zero-order chi connectivity index (χ0) is 13.0. The SMILES string of the molecule is O=C(CC(O)c1ccc(Cl)cc1)NC1CCOC1. The van der Waals surface area contributed by atoms with Crippen LogP contribution >= 0.6 is 11.6 Å². The molecule has 1 amide bonds. The Balaban J connectivity index is 1.84. The Morgan fingerprint density at radius 3 is 2.83 bits per heavy atom. The first-order chi connectivity index (χ1) is 8.65. The number of hydrogen-bond acceptors (Lipinski definition) is 3. The molecule has 2 atom stereocenters. The number of aliphatic hydroxyl groups excluding tert-OH is 1. The number of ether oxygens (including phenoxy) is 1. The van der Waals surface area contributed by atoms with Gasteiger partial charge in [-0.2, -0.15) is 0 Å². The standard InChI is InChI=1S/C13H16ClNO3/c14-10-3-1-9(2-4-10)12(16)7-13(17)15-11-5-6-18-8-11/h1-4,11-12,16H,5-8H2,(H,15,17). The molecule has 2 N–H and O–H groups in total. The summed E-state index contributed by atoms with van der Waals surface area (Å²) in [5.41, 5.74) is 0.692. The second-order valence-electron chi connectivity index (χ2n) is 4.40. The van der Waals surface area contributed by atoms with Gasteiger partial charge in [-0.3, -0.25) is 4.79 Å². The van der Waals surface area contributed by atoms with Gasteiger partial charge in [0.05, 0.1) is 25.2 Å². The van der Waals surface area contributed by atoms with E-state index in [1.165, 1.54) is 0 Å². The van der Waals surface area contributed by atoms with Gasteiger partial charge in [-0.15, -0.1) is 0 Å². The summed E-state index contributed by atoms with van der Waals surface area (Å²) in [6.45, 7) is 1.24. The van der Waals surface area contributed by atoms with E-state index in [9.17, 15) is 9.90 Å². The number of carbonyl (C=O) groups excluding carboxylic acids is 1. The molecule has 98 valence electrons. The molecule has 1 fully saturated rings. The van der Waals surface area contributed by atoms with Crippen molar-refractivity contribution in [1.82, 2.24) is 5.32 Å². The number of rotatable bonds is 4. The molecule has 1 aliphatic rings. The van der Waals surface area contributed by atoms with Crippen LogP contribution in [0.25, 0.3) is 0 Å². The zero-order valence-electron chi connectivity index (χ0n) is 9.93. The van der Waals surface area contributed by atoms with Crippen molar-refractivity contribution in [1.29, 1.82) is 0 Å². The molecule has 0 saturated carbocycles. The molecule has 18 heavy (non-hydrogen) atoms. The number of amides is 1. The van der Waals surface area contributed by atoms with E-state index in [-0.39, 0.29) is 18.4 Å². The number of benzene rings is 1. The van der Waals surface area contributed by atoms with Gasteiger partial charge in [-0.1, -0.05) is 23.7 Å². The van der Waals surface area contributed by atoms with E-state index in [0.717, 1.165) is 6.42 Å². The summed E-state index contributed by atoms with van der Waals surface area (Å²) in [5, 5.41) is 13.4. The molecule has 0 aliphatic carbocycles. The molecule has 0 bridgehead atoms. The summed E-state index contributed by atoms with van der Waals surface area (Å²) < 4.78 is 5.17. The van der Waals surface area contributed by atoms with E-state index in [0.29, 0.717) is 23.8 Å². The second-order valence-corrected chi connectivity index (χ2v) is 4.84. The van der Waals surface area contributed by atoms with Gasteiger partial charge < -0.3 is 15.2 Å². The van der Waals surface area contributed by atoms with Crippen LogP contribution in [0.5, 0.6) is 0 Å². The van der Waals surface area contributed by atoms with Gasteiger partial charge in [0.25, 0.3) is 0 Å². The Morgan fingerprint density at radius 1 is 1.50 bits per heavy atom. The molecule has 1 heterocycles. The van der Waals surface area contributed by atoms with Crippen molar-refractivity contribution in [2.45, 2.75) is 25.0 Å². The normalized spacial score (nSPS) is 20.7. The molecule has 4 nitrogen and oxygen atoms in total. The molecule has 1 aromatic carbocycles. The van der Waals surface area contributed by atoms with E-state index >= 15 is 0 Å². The quantitative estimate of drug-likeness (QED) is 0.874. The average Bonchev–Trinajstić information content (AvgIpc) is 2.82. The summed E-state index contributed by atoms with van der Waals surface area (Å²) in [7, 11) is 0. The van der Waals surface area contributed by atoms with E-state index in [2.05, 4.69) is 5.32 Å². The fourth-order valence-corrected chi connectivity index (χ4v) is 2.04. The predicted octanol–water partition coefficient (Wildman–Crippen LogP) is 1.67. The van der Waals surface area contributed by atoms with Crippen LogP contribution < -0.4 is 5.32 Å². The minimum Gasteiger partial charge on any atom is -0.388 e. The average molecular weight is 270 g/mol. The van der Waals surface area contributed by atoms with Crippen LogP contribution in [0.2, 0.25) is 5.02 Å². The maximum absolute atomic E-state index is 11.7. The Labute approximate surface area is 111 Å². The van der Waals surface area contributed by atoms with Gasteiger partial charge >= 0.3 is 0 Å². The van der Waals surface area contributed by atoms with Crippen LogP contribution in [0.1, 0.15) is 24.5 Å². The Morgan fingerprint density at radius 2 is 2.22 bits per heavy atom. The highest BCUT2D eigenvalue weighted by Gasteiger charge is 2.19. The van der Waals surface area contributed by atoms with Gasteiger partial charge in [0, 0.05) is 11.6 Å². The third-order valence-electron chi connectivity index (χ3n) is 2.93. The summed E-state index contributed by atoms with van der Waals surface area (Å²) in [4.78, 5) is 11.7. The molecular weight excluding hydrogens is 254 g/mol. The number of aliphatic hydroxyl groups is 1. The van der Waals surface area contributed by atoms with Crippen LogP contribution in [0.3, 0.4) is 0 Å². The molecular formula is C13H16ClNO3. The van der Waals surface area contributed by atoms with Crippen LogP contribution in [-0.2, 0) is 9.53 Å². The Bertz CT molecular complexity index is 401. The lowest BCUT2D eigenvalue weighted by molar-refractivity contribution is -0.123. The lowest BCUT2D eigenvalue weighted by Crippen LogP contribution is -2.35. The molecule has 2 rings (SSSR count). The third-order valence-corrected chi connectivity index (χ3v) is 3.18. The van der Waals surface area contributed by atoms with Gasteiger partial charge in [0.15, 0.2) is 0 Å². The highest BCUT2D eigenvalue weighted by molar-refractivity contribution is 6.30. The fourth-order valence-electron chi connectivity index (χ4n) is 1.91. The Kier molecular flexibility index (Phi) is 4.58. The van der Waals surface area contributed by atoms with E-state index in [1.54, 1.807) is 24.3 Å². The molecule has 0 radical (unpaired) electrons. The highest BCUT2D eigenvalue weighted by Crippen LogP contribution is 2.19. The van der Waals surface area contributed by atoms with Crippen molar-refractivity contribution in [2.75, 3.05) is 13.2 Å². The van der Waals surface area contributed by atoms with Crippen molar-refractivity contribution in [3.8, 4) is 0 Å². The maximum atomic E-state index is 11.7. The van der Waals surface area contributed by atoms with Crippen LogP contribution in [0.15, 0.2) is 24.3 Å². The monoisotopic (exact) mass is 269 g/mol. The second kappa shape index (κ2) is 6.18. The van der Waals surface area contributed by atoms with Gasteiger partial charge in [0.2, 0.25) is 5.91 Å². The summed E-state index contributed by atoms with van der Waals surface area (Å²) in [6.07, 6.45) is 0.0885. The zero-order valence-corrected chi connectivity index (χ0v) is 10.7. The molecule has 0 spiro atoms. The smallest absolute Gasteiger partial charge is 0.223 e. The first-order valence-electron chi connectivity index (χ1n) is 5.96. The largest absolute Gasteiger partial charge is 0.388 e. The molecule has 1 aliphatic heterocycles. The Hall–Kier alpha value is -1.10. The van der Waals surface area contributed by atoms with Crippen LogP contribution in [-0.4, -0.2) is 30.3 Å². The molecule has 2 unspecified atom stereocenters. The van der Waals surface area contributed by atoms with E-state index < -0.39 is 6.10 Å². The van der Waals surface area contributed by atoms with Crippen molar-refractivity contribution in [2.24, 2.45) is 0 Å². The number of halogens is 1. The van der Waals surface area contributed by atoms with E-state index in [1.807, 2.05) is 0 Å². The highest BCUT2D eigenvalue weighted by atomic mass is 35.5. The number of carbonyl (C=O) groups is 1. The molecule has 0 aromatic heterocycles. The number of hydrogen-bond donors (Lipinski definition) is 2. The summed E-state index contributed by atoms with van der Waals surface area (Å²) in [5.74, 6) is -0.159.